The molecule has 1 aromatic rings. The molecule has 0 saturated carbocycles. The van der Waals surface area contributed by atoms with Crippen LogP contribution in [0.1, 0.15) is 30.6 Å². The summed E-state index contributed by atoms with van der Waals surface area (Å²) in [4.78, 5) is 27.5. The van der Waals surface area contributed by atoms with Gasteiger partial charge in [-0.25, -0.2) is 0 Å². The third-order valence-corrected chi connectivity index (χ3v) is 5.60. The number of carbonyl (C=O) groups is 2. The summed E-state index contributed by atoms with van der Waals surface area (Å²) in [6.45, 7) is 3.23. The van der Waals surface area contributed by atoms with E-state index >= 15 is 0 Å². The Labute approximate surface area is 153 Å². The Morgan fingerprint density at radius 3 is 2.92 bits per heavy atom. The second-order valence-electron chi connectivity index (χ2n) is 6.50. The predicted octanol–water partition coefficient (Wildman–Crippen LogP) is 1.82. The fourth-order valence-electron chi connectivity index (χ4n) is 3.41. The highest BCUT2D eigenvalue weighted by molar-refractivity contribution is 7.10. The lowest BCUT2D eigenvalue weighted by Gasteiger charge is -2.33. The third kappa shape index (κ3) is 5.19. The van der Waals surface area contributed by atoms with Gasteiger partial charge >= 0.3 is 0 Å². The van der Waals surface area contributed by atoms with E-state index in [9.17, 15) is 9.59 Å². The van der Waals surface area contributed by atoms with Crippen molar-refractivity contribution in [2.24, 2.45) is 5.92 Å². The van der Waals surface area contributed by atoms with Crippen LogP contribution in [0, 0.1) is 5.92 Å². The van der Waals surface area contributed by atoms with Gasteiger partial charge in [0.2, 0.25) is 11.8 Å². The number of hydrogen-bond donors (Lipinski definition) is 2. The Kier molecular flexibility index (Phi) is 7.52. The minimum Gasteiger partial charge on any atom is -0.354 e. The highest BCUT2D eigenvalue weighted by atomic mass is 35.5. The third-order valence-electron chi connectivity index (χ3n) is 4.72. The Balaban J connectivity index is 0.00000208. The molecule has 2 aliphatic heterocycles. The molecule has 2 unspecified atom stereocenters. The van der Waals surface area contributed by atoms with E-state index in [1.54, 1.807) is 11.3 Å². The minimum atomic E-state index is -0.0184. The number of nitrogens with zero attached hydrogens (tertiary/aromatic N) is 1. The molecule has 7 heteroatoms. The summed E-state index contributed by atoms with van der Waals surface area (Å²) in [6, 6.07) is 3.98. The molecule has 0 aliphatic carbocycles. The number of piperidine rings is 1. The molecule has 5 nitrogen and oxygen atoms in total. The van der Waals surface area contributed by atoms with Crippen LogP contribution >= 0.6 is 23.7 Å². The fraction of sp³-hybridized carbons (Fsp3) is 0.647. The lowest BCUT2D eigenvalue weighted by molar-refractivity contribution is -0.132. The Morgan fingerprint density at radius 2 is 2.21 bits per heavy atom. The molecule has 3 heterocycles. The van der Waals surface area contributed by atoms with Crippen molar-refractivity contribution < 1.29 is 9.59 Å². The van der Waals surface area contributed by atoms with Crippen LogP contribution in [0.15, 0.2) is 17.5 Å². The van der Waals surface area contributed by atoms with Gasteiger partial charge in [0.05, 0.1) is 12.5 Å². The van der Waals surface area contributed by atoms with E-state index < -0.39 is 0 Å². The summed E-state index contributed by atoms with van der Waals surface area (Å²) in [5, 5.41) is 8.29. The monoisotopic (exact) mass is 371 g/mol. The highest BCUT2D eigenvalue weighted by Gasteiger charge is 2.26. The maximum Gasteiger partial charge on any atom is 0.237 e. The molecule has 0 spiro atoms. The van der Waals surface area contributed by atoms with Gasteiger partial charge in [-0.2, -0.15) is 0 Å². The van der Waals surface area contributed by atoms with E-state index in [1.165, 1.54) is 0 Å². The number of hydrogen-bond acceptors (Lipinski definition) is 4. The van der Waals surface area contributed by atoms with Crippen molar-refractivity contribution >= 4 is 35.6 Å². The standard InChI is InChI=1S/C17H25N3O2S.ClH/c21-16(10-14-5-3-9-23-14)20-8-2-4-13(12-20)11-19-17(22)15-6-1-7-18-15;/h3,5,9,13,15,18H,1-2,4,6-8,10-12H2,(H,19,22);1H. The molecule has 2 atom stereocenters. The van der Waals surface area contributed by atoms with Crippen LogP contribution in [0.4, 0.5) is 0 Å². The highest BCUT2D eigenvalue weighted by Crippen LogP contribution is 2.18. The average molecular weight is 372 g/mol. The maximum absolute atomic E-state index is 12.4. The number of nitrogens with one attached hydrogen (secondary N) is 2. The Bertz CT molecular complexity index is 532. The Hall–Kier alpha value is -1.11. The first-order chi connectivity index (χ1) is 11.2. The lowest BCUT2D eigenvalue weighted by atomic mass is 9.97. The first-order valence-electron chi connectivity index (χ1n) is 8.53. The molecule has 2 amide bonds. The summed E-state index contributed by atoms with van der Waals surface area (Å²) in [7, 11) is 0. The van der Waals surface area contributed by atoms with Crippen LogP contribution in [-0.2, 0) is 16.0 Å². The zero-order chi connectivity index (χ0) is 16.1. The normalized spacial score (nSPS) is 23.6. The van der Waals surface area contributed by atoms with Gasteiger partial charge in [0.15, 0.2) is 0 Å². The van der Waals surface area contributed by atoms with Crippen molar-refractivity contribution in [1.82, 2.24) is 15.5 Å². The van der Waals surface area contributed by atoms with Crippen molar-refractivity contribution in [2.75, 3.05) is 26.2 Å². The minimum absolute atomic E-state index is 0. The number of amides is 2. The van der Waals surface area contributed by atoms with Crippen LogP contribution in [-0.4, -0.2) is 48.9 Å². The molecule has 2 saturated heterocycles. The van der Waals surface area contributed by atoms with Gasteiger partial charge in [-0.3, -0.25) is 9.59 Å². The summed E-state index contributed by atoms with van der Waals surface area (Å²) in [6.07, 6.45) is 4.62. The molecular weight excluding hydrogens is 346 g/mol. The second kappa shape index (κ2) is 9.39. The van der Waals surface area contributed by atoms with Crippen LogP contribution in [0.25, 0.3) is 0 Å². The van der Waals surface area contributed by atoms with Gasteiger partial charge in [0, 0.05) is 24.5 Å². The van der Waals surface area contributed by atoms with Crippen LogP contribution in [0.3, 0.4) is 0 Å². The fourth-order valence-corrected chi connectivity index (χ4v) is 4.10. The molecule has 134 valence electrons. The smallest absolute Gasteiger partial charge is 0.237 e. The summed E-state index contributed by atoms with van der Waals surface area (Å²) in [5.41, 5.74) is 0. The molecule has 1 aromatic heterocycles. The van der Waals surface area contributed by atoms with E-state index in [2.05, 4.69) is 10.6 Å². The first-order valence-corrected chi connectivity index (χ1v) is 9.41. The number of rotatable bonds is 5. The summed E-state index contributed by atoms with van der Waals surface area (Å²) in [5.74, 6) is 0.701. The number of likely N-dealkylation sites (tertiary alicyclic amines) is 1. The van der Waals surface area contributed by atoms with Gasteiger partial charge in [-0.15, -0.1) is 23.7 Å². The quantitative estimate of drug-likeness (QED) is 0.830. The van der Waals surface area contributed by atoms with Gasteiger partial charge < -0.3 is 15.5 Å². The molecule has 0 radical (unpaired) electrons. The van der Waals surface area contributed by atoms with Crippen molar-refractivity contribution in [1.29, 1.82) is 0 Å². The molecule has 0 bridgehead atoms. The van der Waals surface area contributed by atoms with Gasteiger partial charge in [0.1, 0.15) is 0 Å². The Morgan fingerprint density at radius 1 is 1.33 bits per heavy atom. The number of thiophene rings is 1. The molecule has 2 aliphatic rings. The molecule has 2 fully saturated rings. The number of halogens is 1. The van der Waals surface area contributed by atoms with Crippen molar-refractivity contribution in [2.45, 2.75) is 38.1 Å². The largest absolute Gasteiger partial charge is 0.354 e. The summed E-state index contributed by atoms with van der Waals surface area (Å²) >= 11 is 1.63. The van der Waals surface area contributed by atoms with Crippen molar-refractivity contribution in [3.8, 4) is 0 Å². The number of carbonyl (C=O) groups excluding carboxylic acids is 2. The van der Waals surface area contributed by atoms with Gasteiger partial charge in [-0.1, -0.05) is 6.07 Å². The zero-order valence-corrected chi connectivity index (χ0v) is 15.5. The average Bonchev–Trinajstić information content (AvgIpc) is 3.26. The summed E-state index contributed by atoms with van der Waals surface area (Å²) < 4.78 is 0. The molecule has 24 heavy (non-hydrogen) atoms. The van der Waals surface area contributed by atoms with E-state index in [1.807, 2.05) is 22.4 Å². The maximum atomic E-state index is 12.4. The van der Waals surface area contributed by atoms with E-state index in [0.717, 1.165) is 50.2 Å². The zero-order valence-electron chi connectivity index (χ0n) is 13.8. The van der Waals surface area contributed by atoms with Crippen LogP contribution < -0.4 is 10.6 Å². The van der Waals surface area contributed by atoms with Crippen LogP contribution in [0.2, 0.25) is 0 Å². The van der Waals surface area contributed by atoms with Gasteiger partial charge in [0.25, 0.3) is 0 Å². The van der Waals surface area contributed by atoms with E-state index in [0.29, 0.717) is 18.9 Å². The van der Waals surface area contributed by atoms with E-state index in [-0.39, 0.29) is 30.3 Å². The van der Waals surface area contributed by atoms with Crippen molar-refractivity contribution in [3.05, 3.63) is 22.4 Å². The molecule has 3 rings (SSSR count). The molecule has 0 aromatic carbocycles. The molecule has 2 N–H and O–H groups in total. The lowest BCUT2D eigenvalue weighted by Crippen LogP contribution is -2.47. The van der Waals surface area contributed by atoms with E-state index in [4.69, 9.17) is 0 Å². The topological polar surface area (TPSA) is 61.4 Å². The first kappa shape index (κ1) is 19.2. The second-order valence-corrected chi connectivity index (χ2v) is 7.53. The predicted molar refractivity (Wildman–Crippen MR) is 98.6 cm³/mol. The van der Waals surface area contributed by atoms with Gasteiger partial charge in [-0.05, 0) is 49.6 Å². The molecular formula is C17H26ClN3O2S. The van der Waals surface area contributed by atoms with Crippen molar-refractivity contribution in [3.63, 3.8) is 0 Å². The van der Waals surface area contributed by atoms with Crippen LogP contribution in [0.5, 0.6) is 0 Å². The SMILES string of the molecule is Cl.O=C(NCC1CCCN(C(=O)Cc2cccs2)C1)C1CCCN1.